The van der Waals surface area contributed by atoms with Crippen LogP contribution in [0.1, 0.15) is 45.6 Å². The summed E-state index contributed by atoms with van der Waals surface area (Å²) in [6.07, 6.45) is 1.70. The zero-order valence-corrected chi connectivity index (χ0v) is 23.8. The number of nitrogens with zero attached hydrogens (tertiary/aromatic N) is 1. The van der Waals surface area contributed by atoms with E-state index in [0.29, 0.717) is 37.4 Å². The topological polar surface area (TPSA) is 94.7 Å². The first-order valence-electron chi connectivity index (χ1n) is 13.8. The second kappa shape index (κ2) is 11.3. The van der Waals surface area contributed by atoms with Crippen molar-refractivity contribution in [2.75, 3.05) is 26.2 Å². The van der Waals surface area contributed by atoms with Gasteiger partial charge in [-0.05, 0) is 60.6 Å². The second-order valence-electron chi connectivity index (χ2n) is 11.2. The van der Waals surface area contributed by atoms with Crippen LogP contribution in [0.15, 0.2) is 71.6 Å². The minimum atomic E-state index is -3.52. The Kier molecular flexibility index (Phi) is 8.01. The molecule has 8 heteroatoms. The van der Waals surface area contributed by atoms with Crippen LogP contribution in [-0.4, -0.2) is 61.2 Å². The molecule has 1 saturated heterocycles. The standard InChI is InChI=1S/C31H39N3O4S/c1-4-31(2,3)22-12-14-25(15-13-22)39(36,37)34-18-16-23(17-19-34)32-20-24(35)21-38-29-11-7-10-28-30(29)26-8-5-6-9-27(26)33-28/h5-15,23-24,32-33,35H,4,16-21H2,1-3H3/t24-/m0/s1. The van der Waals surface area contributed by atoms with Crippen molar-refractivity contribution in [2.24, 2.45) is 0 Å². The monoisotopic (exact) mass is 549 g/mol. The van der Waals surface area contributed by atoms with E-state index >= 15 is 0 Å². The lowest BCUT2D eigenvalue weighted by molar-refractivity contribution is 0.102. The maximum Gasteiger partial charge on any atom is 0.243 e. The minimum Gasteiger partial charge on any atom is -0.490 e. The van der Waals surface area contributed by atoms with Crippen LogP contribution in [-0.2, 0) is 15.4 Å². The summed E-state index contributed by atoms with van der Waals surface area (Å²) in [5.41, 5.74) is 3.22. The van der Waals surface area contributed by atoms with E-state index in [1.54, 1.807) is 16.4 Å². The Bertz CT molecular complexity index is 1520. The van der Waals surface area contributed by atoms with Crippen molar-refractivity contribution in [2.45, 2.75) is 62.5 Å². The van der Waals surface area contributed by atoms with Crippen molar-refractivity contribution in [3.8, 4) is 5.75 Å². The quantitative estimate of drug-likeness (QED) is 0.253. The summed E-state index contributed by atoms with van der Waals surface area (Å²) < 4.78 is 34.0. The van der Waals surface area contributed by atoms with Gasteiger partial charge in [-0.25, -0.2) is 8.42 Å². The second-order valence-corrected chi connectivity index (χ2v) is 13.1. The molecule has 39 heavy (non-hydrogen) atoms. The van der Waals surface area contributed by atoms with Crippen LogP contribution in [0, 0.1) is 0 Å². The fourth-order valence-corrected chi connectivity index (χ4v) is 6.74. The molecule has 0 bridgehead atoms. The molecule has 0 radical (unpaired) electrons. The van der Waals surface area contributed by atoms with Crippen molar-refractivity contribution in [3.05, 3.63) is 72.3 Å². The van der Waals surface area contributed by atoms with Crippen LogP contribution >= 0.6 is 0 Å². The first kappa shape index (κ1) is 27.6. The summed E-state index contributed by atoms with van der Waals surface area (Å²) in [5, 5.41) is 16.1. The zero-order chi connectivity index (χ0) is 27.6. The van der Waals surface area contributed by atoms with Crippen LogP contribution in [0.2, 0.25) is 0 Å². The SMILES string of the molecule is CCC(C)(C)c1ccc(S(=O)(=O)N2CCC(NC[C@H](O)COc3cccc4[nH]c5ccccc5c34)CC2)cc1. The van der Waals surface area contributed by atoms with Crippen LogP contribution in [0.5, 0.6) is 5.75 Å². The number of H-pyrrole nitrogens is 1. The summed E-state index contributed by atoms with van der Waals surface area (Å²) in [5.74, 6) is 0.744. The number of piperidine rings is 1. The number of aromatic nitrogens is 1. The van der Waals surface area contributed by atoms with Gasteiger partial charge < -0.3 is 20.1 Å². The lowest BCUT2D eigenvalue weighted by Crippen LogP contribution is -2.47. The Morgan fingerprint density at radius 1 is 1.03 bits per heavy atom. The Labute approximate surface area is 231 Å². The van der Waals surface area contributed by atoms with Crippen LogP contribution in [0.4, 0.5) is 0 Å². The number of fused-ring (bicyclic) bond motifs is 3. The lowest BCUT2D eigenvalue weighted by Gasteiger charge is -2.32. The van der Waals surface area contributed by atoms with E-state index in [-0.39, 0.29) is 18.1 Å². The van der Waals surface area contributed by atoms with Gasteiger partial charge in [0.05, 0.1) is 10.4 Å². The zero-order valence-electron chi connectivity index (χ0n) is 23.0. The molecule has 1 aliphatic rings. The van der Waals surface area contributed by atoms with Crippen molar-refractivity contribution < 1.29 is 18.3 Å². The van der Waals surface area contributed by atoms with Crippen molar-refractivity contribution >= 4 is 31.8 Å². The van der Waals surface area contributed by atoms with E-state index in [1.807, 2.05) is 48.5 Å². The number of nitrogens with one attached hydrogen (secondary N) is 2. The lowest BCUT2D eigenvalue weighted by atomic mass is 9.82. The fourth-order valence-electron chi connectivity index (χ4n) is 5.27. The number of rotatable bonds is 10. The summed E-state index contributed by atoms with van der Waals surface area (Å²) in [7, 11) is -3.52. The molecule has 4 aromatic rings. The highest BCUT2D eigenvalue weighted by Gasteiger charge is 2.30. The molecule has 7 nitrogen and oxygen atoms in total. The molecular weight excluding hydrogens is 510 g/mol. The van der Waals surface area contributed by atoms with E-state index in [9.17, 15) is 13.5 Å². The third kappa shape index (κ3) is 5.84. The van der Waals surface area contributed by atoms with E-state index in [2.05, 4.69) is 37.1 Å². The summed E-state index contributed by atoms with van der Waals surface area (Å²) >= 11 is 0. The first-order valence-corrected chi connectivity index (χ1v) is 15.3. The molecule has 1 aromatic heterocycles. The maximum atomic E-state index is 13.2. The number of aromatic amines is 1. The number of hydrogen-bond acceptors (Lipinski definition) is 5. The highest BCUT2D eigenvalue weighted by molar-refractivity contribution is 7.89. The van der Waals surface area contributed by atoms with Gasteiger partial charge in [0.1, 0.15) is 18.5 Å². The molecule has 0 aliphatic carbocycles. The van der Waals surface area contributed by atoms with Crippen molar-refractivity contribution in [1.82, 2.24) is 14.6 Å². The normalized spacial score (nSPS) is 16.6. The molecule has 0 saturated carbocycles. The van der Waals surface area contributed by atoms with E-state index < -0.39 is 16.1 Å². The molecular formula is C31H39N3O4S. The molecule has 5 rings (SSSR count). The Morgan fingerprint density at radius 2 is 1.72 bits per heavy atom. The predicted molar refractivity (Wildman–Crippen MR) is 157 cm³/mol. The molecule has 1 atom stereocenters. The van der Waals surface area contributed by atoms with Crippen LogP contribution in [0.25, 0.3) is 21.8 Å². The summed E-state index contributed by atoms with van der Waals surface area (Å²) in [6, 6.07) is 21.5. The van der Waals surface area contributed by atoms with Crippen LogP contribution in [0.3, 0.4) is 0 Å². The van der Waals surface area contributed by atoms with E-state index in [4.69, 9.17) is 4.74 Å². The van der Waals surface area contributed by atoms with Gasteiger partial charge in [-0.15, -0.1) is 0 Å². The minimum absolute atomic E-state index is 0.0195. The van der Waals surface area contributed by atoms with E-state index in [0.717, 1.165) is 39.5 Å². The molecule has 0 unspecified atom stereocenters. The Morgan fingerprint density at radius 3 is 2.44 bits per heavy atom. The number of aliphatic hydroxyl groups is 1. The number of hydrogen-bond donors (Lipinski definition) is 3. The molecule has 1 fully saturated rings. The number of benzene rings is 3. The molecule has 0 amide bonds. The Hall–Kier alpha value is -2.91. The summed E-state index contributed by atoms with van der Waals surface area (Å²) in [4.78, 5) is 3.76. The van der Waals surface area contributed by atoms with Gasteiger partial charge in [0.25, 0.3) is 0 Å². The first-order chi connectivity index (χ1) is 18.7. The van der Waals surface area contributed by atoms with Crippen molar-refractivity contribution in [1.29, 1.82) is 0 Å². The average molecular weight is 550 g/mol. The number of ether oxygens (including phenoxy) is 1. The molecule has 208 valence electrons. The third-order valence-corrected chi connectivity index (χ3v) is 10.1. The third-order valence-electron chi connectivity index (χ3n) is 8.18. The van der Waals surface area contributed by atoms with Gasteiger partial charge >= 0.3 is 0 Å². The highest BCUT2D eigenvalue weighted by Crippen LogP contribution is 2.33. The molecule has 3 N–H and O–H groups in total. The molecule has 3 aromatic carbocycles. The van der Waals surface area contributed by atoms with Gasteiger partial charge in [0, 0.05) is 42.0 Å². The maximum absolute atomic E-state index is 13.2. The van der Waals surface area contributed by atoms with E-state index in [1.165, 1.54) is 0 Å². The van der Waals surface area contributed by atoms with Gasteiger partial charge in [-0.2, -0.15) is 4.31 Å². The van der Waals surface area contributed by atoms with Gasteiger partial charge in [0.2, 0.25) is 10.0 Å². The molecule has 0 spiro atoms. The highest BCUT2D eigenvalue weighted by atomic mass is 32.2. The summed E-state index contributed by atoms with van der Waals surface area (Å²) in [6.45, 7) is 7.94. The predicted octanol–water partition coefficient (Wildman–Crippen LogP) is 5.19. The van der Waals surface area contributed by atoms with Gasteiger partial charge in [0.15, 0.2) is 0 Å². The number of sulfonamides is 1. The number of aliphatic hydroxyl groups excluding tert-OH is 1. The van der Waals surface area contributed by atoms with Gasteiger partial charge in [-0.3, -0.25) is 0 Å². The molecule has 1 aliphatic heterocycles. The Balaban J connectivity index is 1.12. The van der Waals surface area contributed by atoms with Crippen molar-refractivity contribution in [3.63, 3.8) is 0 Å². The van der Waals surface area contributed by atoms with Gasteiger partial charge in [-0.1, -0.05) is 57.2 Å². The fraction of sp³-hybridized carbons (Fsp3) is 0.419. The number of para-hydroxylation sites is 1. The van der Waals surface area contributed by atoms with Crippen LogP contribution < -0.4 is 10.1 Å². The molecule has 2 heterocycles. The average Bonchev–Trinajstić information content (AvgIpc) is 3.34. The smallest absolute Gasteiger partial charge is 0.243 e. The largest absolute Gasteiger partial charge is 0.490 e.